The molecule has 0 aliphatic carbocycles. The van der Waals surface area contributed by atoms with E-state index in [1.807, 2.05) is 93.6 Å². The quantitative estimate of drug-likeness (QED) is 0.251. The summed E-state index contributed by atoms with van der Waals surface area (Å²) in [6, 6.07) is 22.8. The van der Waals surface area contributed by atoms with E-state index < -0.39 is 47.4 Å². The van der Waals surface area contributed by atoms with Crippen molar-refractivity contribution in [2.24, 2.45) is 17.3 Å². The summed E-state index contributed by atoms with van der Waals surface area (Å²) in [5, 5.41) is 7.77. The first-order valence-corrected chi connectivity index (χ1v) is 16.8. The standard InChI is InChI=1S/C39H46N2O7/c1-24(2)20-32-37(44)46-31(25(3)34-35(48-34)28-13-7-6-8-14-28)16-11-17-33(42)41-30(36(43)40-23-39(4,5)38(45)47-32)22-26-18-19-27-12-9-10-15-29(27)21-26/h6-15,17-19,21,24-25,30-32,34-35H,16,20,22-23H2,1-5H3,(H,40,43)(H,41,42)/b17-11+/t25-,30+,31-,32-,34+,35+/m0/s1. The van der Waals surface area contributed by atoms with Gasteiger partial charge >= 0.3 is 11.9 Å². The lowest BCUT2D eigenvalue weighted by molar-refractivity contribution is -0.179. The summed E-state index contributed by atoms with van der Waals surface area (Å²) < 4.78 is 17.9. The van der Waals surface area contributed by atoms with Crippen LogP contribution in [0, 0.1) is 17.3 Å². The molecule has 0 bridgehead atoms. The van der Waals surface area contributed by atoms with Crippen molar-refractivity contribution in [1.29, 1.82) is 0 Å². The van der Waals surface area contributed by atoms with Crippen molar-refractivity contribution in [3.05, 3.63) is 96.1 Å². The summed E-state index contributed by atoms with van der Waals surface area (Å²) in [7, 11) is 0. The highest BCUT2D eigenvalue weighted by Gasteiger charge is 2.48. The van der Waals surface area contributed by atoms with Crippen LogP contribution in [-0.4, -0.2) is 54.7 Å². The van der Waals surface area contributed by atoms with Gasteiger partial charge in [-0.25, -0.2) is 4.79 Å². The van der Waals surface area contributed by atoms with Crippen molar-refractivity contribution in [2.75, 3.05) is 6.54 Å². The van der Waals surface area contributed by atoms with Gasteiger partial charge in [-0.3, -0.25) is 14.4 Å². The number of carbonyl (C=O) groups is 4. The minimum Gasteiger partial charge on any atom is -0.459 e. The van der Waals surface area contributed by atoms with Gasteiger partial charge in [-0.2, -0.15) is 0 Å². The lowest BCUT2D eigenvalue weighted by Crippen LogP contribution is -2.51. The van der Waals surface area contributed by atoms with Crippen LogP contribution in [0.3, 0.4) is 0 Å². The molecule has 3 aromatic carbocycles. The Labute approximate surface area is 282 Å². The van der Waals surface area contributed by atoms with Crippen LogP contribution < -0.4 is 10.6 Å². The lowest BCUT2D eigenvalue weighted by atomic mass is 9.92. The summed E-state index contributed by atoms with van der Waals surface area (Å²) in [5.41, 5.74) is 0.742. The molecule has 9 nitrogen and oxygen atoms in total. The van der Waals surface area contributed by atoms with Crippen molar-refractivity contribution in [3.8, 4) is 0 Å². The molecule has 9 heteroatoms. The molecule has 1 saturated heterocycles. The Morgan fingerprint density at radius 1 is 0.875 bits per heavy atom. The van der Waals surface area contributed by atoms with E-state index in [1.54, 1.807) is 19.9 Å². The second-order valence-corrected chi connectivity index (χ2v) is 14.0. The molecule has 2 heterocycles. The Balaban J connectivity index is 1.40. The van der Waals surface area contributed by atoms with Crippen LogP contribution >= 0.6 is 0 Å². The number of hydrogen-bond donors (Lipinski definition) is 2. The maximum Gasteiger partial charge on any atom is 0.347 e. The van der Waals surface area contributed by atoms with Gasteiger partial charge in [0.1, 0.15) is 18.2 Å². The summed E-state index contributed by atoms with van der Waals surface area (Å²) in [6.45, 7) is 9.06. The second kappa shape index (κ2) is 15.2. The van der Waals surface area contributed by atoms with Gasteiger partial charge in [-0.1, -0.05) is 99.6 Å². The fraction of sp³-hybridized carbons (Fsp3) is 0.436. The Hall–Kier alpha value is -4.50. The first kappa shape index (κ1) is 34.8. The van der Waals surface area contributed by atoms with Gasteiger partial charge in [-0.05, 0) is 54.2 Å². The zero-order valence-corrected chi connectivity index (χ0v) is 28.3. The molecule has 0 aromatic heterocycles. The van der Waals surface area contributed by atoms with Crippen LogP contribution in [0.4, 0.5) is 0 Å². The van der Waals surface area contributed by atoms with Crippen LogP contribution in [0.1, 0.15) is 64.7 Å². The molecule has 6 atom stereocenters. The van der Waals surface area contributed by atoms with Gasteiger partial charge < -0.3 is 24.8 Å². The molecule has 0 radical (unpaired) electrons. The predicted octanol–water partition coefficient (Wildman–Crippen LogP) is 5.62. The summed E-state index contributed by atoms with van der Waals surface area (Å²) >= 11 is 0. The smallest absolute Gasteiger partial charge is 0.347 e. The summed E-state index contributed by atoms with van der Waals surface area (Å²) in [5.74, 6) is -2.36. The van der Waals surface area contributed by atoms with E-state index in [4.69, 9.17) is 14.2 Å². The maximum absolute atomic E-state index is 13.6. The molecule has 5 rings (SSSR count). The Bertz CT molecular complexity index is 1650. The van der Waals surface area contributed by atoms with E-state index in [0.717, 1.165) is 21.9 Å². The van der Waals surface area contributed by atoms with Crippen molar-refractivity contribution < 1.29 is 33.4 Å². The van der Waals surface area contributed by atoms with Crippen LogP contribution in [-0.2, 0) is 39.8 Å². The molecular formula is C39H46N2O7. The number of carbonyl (C=O) groups excluding carboxylic acids is 4. The number of fused-ring (bicyclic) bond motifs is 1. The average molecular weight is 655 g/mol. The third-order valence-corrected chi connectivity index (χ3v) is 9.00. The van der Waals surface area contributed by atoms with E-state index in [9.17, 15) is 19.2 Å². The fourth-order valence-electron chi connectivity index (χ4n) is 5.99. The molecule has 254 valence electrons. The summed E-state index contributed by atoms with van der Waals surface area (Å²) in [6.07, 6.45) is 1.63. The number of hydrogen-bond acceptors (Lipinski definition) is 7. The lowest BCUT2D eigenvalue weighted by Gasteiger charge is -2.29. The highest BCUT2D eigenvalue weighted by molar-refractivity contribution is 5.93. The van der Waals surface area contributed by atoms with E-state index >= 15 is 0 Å². The Kier molecular flexibility index (Phi) is 11.0. The second-order valence-electron chi connectivity index (χ2n) is 14.0. The van der Waals surface area contributed by atoms with Crippen molar-refractivity contribution in [1.82, 2.24) is 10.6 Å². The molecule has 2 aliphatic heterocycles. The largest absolute Gasteiger partial charge is 0.459 e. The Morgan fingerprint density at radius 2 is 1.58 bits per heavy atom. The van der Waals surface area contributed by atoms with Gasteiger partial charge in [0, 0.05) is 25.3 Å². The number of rotatable bonds is 7. The van der Waals surface area contributed by atoms with E-state index in [0.29, 0.717) is 0 Å². The number of cyclic esters (lactones) is 2. The molecule has 1 fully saturated rings. The van der Waals surface area contributed by atoms with E-state index in [-0.39, 0.29) is 49.9 Å². The molecule has 0 saturated carbocycles. The number of benzene rings is 3. The van der Waals surface area contributed by atoms with Crippen LogP contribution in [0.5, 0.6) is 0 Å². The predicted molar refractivity (Wildman–Crippen MR) is 183 cm³/mol. The van der Waals surface area contributed by atoms with Crippen LogP contribution in [0.15, 0.2) is 84.9 Å². The van der Waals surface area contributed by atoms with Gasteiger partial charge in [-0.15, -0.1) is 0 Å². The number of epoxide rings is 1. The first-order valence-electron chi connectivity index (χ1n) is 16.8. The minimum absolute atomic E-state index is 0.0355. The van der Waals surface area contributed by atoms with E-state index in [1.165, 1.54) is 6.08 Å². The Morgan fingerprint density at radius 3 is 2.31 bits per heavy atom. The number of nitrogens with one attached hydrogen (secondary N) is 2. The number of ether oxygens (including phenoxy) is 3. The van der Waals surface area contributed by atoms with Crippen molar-refractivity contribution >= 4 is 34.5 Å². The van der Waals surface area contributed by atoms with Crippen molar-refractivity contribution in [2.45, 2.75) is 84.3 Å². The normalized spacial score (nSPS) is 26.6. The van der Waals surface area contributed by atoms with Crippen LogP contribution in [0.2, 0.25) is 0 Å². The van der Waals surface area contributed by atoms with Gasteiger partial charge in [0.05, 0.1) is 11.5 Å². The third kappa shape index (κ3) is 8.89. The highest BCUT2D eigenvalue weighted by Crippen LogP contribution is 2.45. The molecule has 2 amide bonds. The molecule has 3 aromatic rings. The van der Waals surface area contributed by atoms with Gasteiger partial charge in [0.25, 0.3) is 0 Å². The molecule has 2 aliphatic rings. The average Bonchev–Trinajstić information content (AvgIpc) is 3.87. The SMILES string of the molecule is CC(C)C[C@@H]1OC(=O)C(C)(C)CNC(=O)[C@@H](Cc2ccc3ccccc3c2)NC(=O)/C=C/C[C@@H]([C@H](C)[C@H]2O[C@@H]2c2ccccc2)OC1=O. The molecule has 2 N–H and O–H groups in total. The van der Waals surface area contributed by atoms with Gasteiger partial charge in [0.2, 0.25) is 11.8 Å². The van der Waals surface area contributed by atoms with Crippen molar-refractivity contribution in [3.63, 3.8) is 0 Å². The fourth-order valence-corrected chi connectivity index (χ4v) is 5.99. The highest BCUT2D eigenvalue weighted by atomic mass is 16.6. The monoisotopic (exact) mass is 654 g/mol. The third-order valence-electron chi connectivity index (χ3n) is 9.00. The summed E-state index contributed by atoms with van der Waals surface area (Å²) in [4.78, 5) is 53.9. The molecule has 48 heavy (non-hydrogen) atoms. The zero-order valence-electron chi connectivity index (χ0n) is 28.3. The molecule has 0 unspecified atom stereocenters. The molecular weight excluding hydrogens is 608 g/mol. The maximum atomic E-state index is 13.6. The first-order chi connectivity index (χ1) is 22.9. The number of esters is 2. The van der Waals surface area contributed by atoms with Crippen LogP contribution in [0.25, 0.3) is 10.8 Å². The number of amides is 2. The topological polar surface area (TPSA) is 123 Å². The zero-order chi connectivity index (χ0) is 34.4. The van der Waals surface area contributed by atoms with E-state index in [2.05, 4.69) is 10.6 Å². The van der Waals surface area contributed by atoms with Gasteiger partial charge in [0.15, 0.2) is 6.10 Å². The molecule has 0 spiro atoms. The minimum atomic E-state index is -1.17.